The second-order valence-corrected chi connectivity index (χ2v) is 6.58. The Balaban J connectivity index is 2.51. The van der Waals surface area contributed by atoms with E-state index in [-0.39, 0.29) is 54.4 Å². The molecule has 0 aliphatic carbocycles. The number of hydrogen-bond acceptors (Lipinski definition) is 11. The van der Waals surface area contributed by atoms with E-state index in [1.54, 1.807) is 13.8 Å². The van der Waals surface area contributed by atoms with Gasteiger partial charge < -0.3 is 24.3 Å². The standard InChI is InChI=1S/C21H20N4O8/c1-13-18(32-20(26)30-10-4-8-22)17(15-6-3-7-16(12-15)25(28)29)19(14(2)24-13)33-21(27)31-11-5-9-23/h3,6-7,12-13,24H,4-5,10-11H2,1-2H3. The third-order valence-electron chi connectivity index (χ3n) is 4.23. The van der Waals surface area contributed by atoms with Crippen molar-refractivity contribution < 1.29 is 33.5 Å². The molecule has 1 aromatic carbocycles. The van der Waals surface area contributed by atoms with Gasteiger partial charge in [0.1, 0.15) is 19.0 Å². The highest BCUT2D eigenvalue weighted by atomic mass is 16.7. The molecule has 1 N–H and O–H groups in total. The molecule has 1 unspecified atom stereocenters. The van der Waals surface area contributed by atoms with Crippen LogP contribution in [0.15, 0.2) is 41.5 Å². The predicted octanol–water partition coefficient (Wildman–Crippen LogP) is 3.66. The number of nitriles is 2. The van der Waals surface area contributed by atoms with E-state index in [1.807, 2.05) is 12.1 Å². The summed E-state index contributed by atoms with van der Waals surface area (Å²) in [7, 11) is 0. The summed E-state index contributed by atoms with van der Waals surface area (Å²) in [6.45, 7) is 2.85. The second kappa shape index (κ2) is 11.7. The molecule has 172 valence electrons. The number of nitro groups is 1. The number of benzene rings is 1. The second-order valence-electron chi connectivity index (χ2n) is 6.58. The van der Waals surface area contributed by atoms with Gasteiger partial charge in [0.05, 0.1) is 47.2 Å². The molecule has 0 bridgehead atoms. The van der Waals surface area contributed by atoms with Gasteiger partial charge in [-0.05, 0) is 19.4 Å². The Bertz CT molecular complexity index is 1080. The van der Waals surface area contributed by atoms with E-state index in [0.717, 1.165) is 0 Å². The molecule has 0 fully saturated rings. The summed E-state index contributed by atoms with van der Waals surface area (Å²) in [5.74, 6) is -0.113. The van der Waals surface area contributed by atoms with Gasteiger partial charge in [-0.25, -0.2) is 9.59 Å². The molecule has 0 radical (unpaired) electrons. The minimum Gasteiger partial charge on any atom is -0.433 e. The summed E-state index contributed by atoms with van der Waals surface area (Å²) in [5.41, 5.74) is 0.454. The third-order valence-corrected chi connectivity index (χ3v) is 4.23. The zero-order valence-electron chi connectivity index (χ0n) is 17.8. The SMILES string of the molecule is CC1=C(OC(=O)OCCC#N)C(c2cccc([N+](=O)[O-])c2)=C(OC(=O)OCCC#N)C(C)N1. The van der Waals surface area contributed by atoms with E-state index in [9.17, 15) is 19.7 Å². The molecule has 1 aliphatic heterocycles. The van der Waals surface area contributed by atoms with Crippen LogP contribution >= 0.6 is 0 Å². The lowest BCUT2D eigenvalue weighted by Crippen LogP contribution is -2.35. The fourth-order valence-electron chi connectivity index (χ4n) is 2.88. The van der Waals surface area contributed by atoms with E-state index in [0.29, 0.717) is 5.70 Å². The number of nitro benzene ring substituents is 1. The summed E-state index contributed by atoms with van der Waals surface area (Å²) in [4.78, 5) is 35.0. The number of carbonyl (C=O) groups is 2. The van der Waals surface area contributed by atoms with Crippen LogP contribution in [0.3, 0.4) is 0 Å². The number of dihydropyridines is 1. The summed E-state index contributed by atoms with van der Waals surface area (Å²) in [5, 5.41) is 31.4. The van der Waals surface area contributed by atoms with Crippen LogP contribution in [-0.2, 0) is 18.9 Å². The Morgan fingerprint density at radius 1 is 1.12 bits per heavy atom. The Morgan fingerprint density at radius 2 is 1.73 bits per heavy atom. The van der Waals surface area contributed by atoms with Gasteiger partial charge in [-0.2, -0.15) is 10.5 Å². The molecule has 0 saturated carbocycles. The highest BCUT2D eigenvalue weighted by Crippen LogP contribution is 2.36. The van der Waals surface area contributed by atoms with Gasteiger partial charge in [0, 0.05) is 12.1 Å². The largest absolute Gasteiger partial charge is 0.513 e. The van der Waals surface area contributed by atoms with Crippen LogP contribution in [0.1, 0.15) is 32.3 Å². The lowest BCUT2D eigenvalue weighted by atomic mass is 9.95. The van der Waals surface area contributed by atoms with E-state index < -0.39 is 23.3 Å². The van der Waals surface area contributed by atoms with Crippen LogP contribution in [0.2, 0.25) is 0 Å². The number of nitrogens with zero attached hydrogens (tertiary/aromatic N) is 3. The first-order valence-corrected chi connectivity index (χ1v) is 9.68. The topological polar surface area (TPSA) is 174 Å². The highest BCUT2D eigenvalue weighted by molar-refractivity contribution is 5.85. The molecular weight excluding hydrogens is 436 g/mol. The van der Waals surface area contributed by atoms with E-state index in [1.165, 1.54) is 24.3 Å². The number of non-ortho nitro benzene ring substituents is 1. The van der Waals surface area contributed by atoms with Crippen molar-refractivity contribution in [3.05, 3.63) is 57.2 Å². The fourth-order valence-corrected chi connectivity index (χ4v) is 2.88. The van der Waals surface area contributed by atoms with Crippen molar-refractivity contribution in [2.24, 2.45) is 0 Å². The van der Waals surface area contributed by atoms with Crippen molar-refractivity contribution in [3.63, 3.8) is 0 Å². The Morgan fingerprint density at radius 3 is 2.30 bits per heavy atom. The number of hydrogen-bond donors (Lipinski definition) is 1. The summed E-state index contributed by atoms with van der Waals surface area (Å²) < 4.78 is 20.4. The molecule has 0 spiro atoms. The summed E-state index contributed by atoms with van der Waals surface area (Å²) in [6.07, 6.45) is -2.30. The van der Waals surface area contributed by atoms with Crippen molar-refractivity contribution in [3.8, 4) is 12.1 Å². The molecule has 12 nitrogen and oxygen atoms in total. The van der Waals surface area contributed by atoms with Gasteiger partial charge >= 0.3 is 12.3 Å². The minimum absolute atomic E-state index is 0.0251. The van der Waals surface area contributed by atoms with E-state index >= 15 is 0 Å². The van der Waals surface area contributed by atoms with Crippen molar-refractivity contribution >= 4 is 23.6 Å². The normalized spacial score (nSPS) is 15.0. The summed E-state index contributed by atoms with van der Waals surface area (Å²) in [6, 6.07) is 8.47. The average Bonchev–Trinajstić information content (AvgIpc) is 2.77. The molecule has 0 amide bonds. The summed E-state index contributed by atoms with van der Waals surface area (Å²) >= 11 is 0. The maximum Gasteiger partial charge on any atom is 0.513 e. The van der Waals surface area contributed by atoms with Crippen molar-refractivity contribution in [1.82, 2.24) is 5.32 Å². The van der Waals surface area contributed by atoms with Gasteiger partial charge in [-0.15, -0.1) is 0 Å². The first kappa shape index (κ1) is 24.7. The maximum atomic E-state index is 12.2. The molecule has 12 heteroatoms. The van der Waals surface area contributed by atoms with Crippen LogP contribution in [0.4, 0.5) is 15.3 Å². The molecule has 1 aliphatic rings. The van der Waals surface area contributed by atoms with Gasteiger partial charge in [0.15, 0.2) is 5.76 Å². The maximum absolute atomic E-state index is 12.2. The number of carbonyl (C=O) groups excluding carboxylic acids is 2. The van der Waals surface area contributed by atoms with Gasteiger partial charge in [-0.3, -0.25) is 10.1 Å². The van der Waals surface area contributed by atoms with Gasteiger partial charge in [0.2, 0.25) is 0 Å². The number of nitrogens with one attached hydrogen (secondary N) is 1. The van der Waals surface area contributed by atoms with Crippen molar-refractivity contribution in [2.45, 2.75) is 32.7 Å². The fraction of sp³-hybridized carbons (Fsp3) is 0.333. The Labute approximate surface area is 188 Å². The number of ether oxygens (including phenoxy) is 4. The number of allylic oxidation sites excluding steroid dienone is 2. The van der Waals surface area contributed by atoms with E-state index in [2.05, 4.69) is 5.32 Å². The van der Waals surface area contributed by atoms with E-state index in [4.69, 9.17) is 29.5 Å². The zero-order valence-corrected chi connectivity index (χ0v) is 17.8. The Kier molecular flexibility index (Phi) is 8.76. The third kappa shape index (κ3) is 6.70. The first-order valence-electron chi connectivity index (χ1n) is 9.68. The van der Waals surface area contributed by atoms with Crippen molar-refractivity contribution in [2.75, 3.05) is 13.2 Å². The van der Waals surface area contributed by atoms with Crippen LogP contribution < -0.4 is 5.32 Å². The van der Waals surface area contributed by atoms with Crippen LogP contribution in [0.5, 0.6) is 0 Å². The average molecular weight is 456 g/mol. The zero-order chi connectivity index (χ0) is 24.4. The quantitative estimate of drug-likeness (QED) is 0.261. The van der Waals surface area contributed by atoms with Crippen LogP contribution in [0, 0.1) is 32.8 Å². The molecule has 33 heavy (non-hydrogen) atoms. The highest BCUT2D eigenvalue weighted by Gasteiger charge is 2.33. The van der Waals surface area contributed by atoms with Crippen LogP contribution in [0.25, 0.3) is 5.57 Å². The minimum atomic E-state index is -1.12. The van der Waals surface area contributed by atoms with Gasteiger partial charge in [-0.1, -0.05) is 12.1 Å². The molecule has 1 atom stereocenters. The molecule has 1 aromatic rings. The first-order chi connectivity index (χ1) is 15.8. The molecule has 1 heterocycles. The smallest absolute Gasteiger partial charge is 0.433 e. The molecule has 0 aromatic heterocycles. The van der Waals surface area contributed by atoms with Gasteiger partial charge in [0.25, 0.3) is 5.69 Å². The molecule has 2 rings (SSSR count). The Hall–Kier alpha value is -4.58. The monoisotopic (exact) mass is 456 g/mol. The lowest BCUT2D eigenvalue weighted by Gasteiger charge is -2.29. The predicted molar refractivity (Wildman–Crippen MR) is 111 cm³/mol. The lowest BCUT2D eigenvalue weighted by molar-refractivity contribution is -0.384. The molecule has 0 saturated heterocycles. The number of rotatable bonds is 8. The van der Waals surface area contributed by atoms with Crippen LogP contribution in [-0.4, -0.2) is 36.5 Å². The molecular formula is C21H20N4O8. The van der Waals surface area contributed by atoms with Crippen molar-refractivity contribution in [1.29, 1.82) is 10.5 Å².